The summed E-state index contributed by atoms with van der Waals surface area (Å²) in [5.41, 5.74) is 0.394. The van der Waals surface area contributed by atoms with E-state index in [0.29, 0.717) is 23.2 Å². The third kappa shape index (κ3) is 0.853. The van der Waals surface area contributed by atoms with Crippen molar-refractivity contribution < 1.29 is 4.79 Å². The normalized spacial score (nSPS) is 33.7. The summed E-state index contributed by atoms with van der Waals surface area (Å²) >= 11 is 0. The fraction of sp³-hybridized carbons (Fsp3) is 0.889. The van der Waals surface area contributed by atoms with Gasteiger partial charge in [-0.2, -0.15) is 0 Å². The Bertz CT molecular complexity index is 190. The molecule has 2 rings (SSSR count). The summed E-state index contributed by atoms with van der Waals surface area (Å²) in [6, 6.07) is 0.611. The lowest BCUT2D eigenvalue weighted by atomic mass is 9.56. The van der Waals surface area contributed by atoms with Crippen molar-refractivity contribution >= 4 is 5.78 Å². The Labute approximate surface area is 67.4 Å². The zero-order valence-electron chi connectivity index (χ0n) is 7.18. The molecule has 2 nitrogen and oxygen atoms in total. The van der Waals surface area contributed by atoms with Crippen molar-refractivity contribution in [1.29, 1.82) is 0 Å². The Kier molecular flexibility index (Phi) is 1.37. The van der Waals surface area contributed by atoms with Gasteiger partial charge in [0.25, 0.3) is 0 Å². The van der Waals surface area contributed by atoms with Crippen LogP contribution in [0.15, 0.2) is 0 Å². The number of hydrogen-bond acceptors (Lipinski definition) is 2. The molecule has 1 unspecified atom stereocenters. The summed E-state index contributed by atoms with van der Waals surface area (Å²) in [7, 11) is 0. The topological polar surface area (TPSA) is 29.1 Å². The molecule has 11 heavy (non-hydrogen) atoms. The molecular formula is C9H15NO. The van der Waals surface area contributed by atoms with E-state index in [2.05, 4.69) is 19.2 Å². The van der Waals surface area contributed by atoms with Gasteiger partial charge in [-0.15, -0.1) is 0 Å². The molecular weight excluding hydrogens is 138 g/mol. The van der Waals surface area contributed by atoms with E-state index < -0.39 is 0 Å². The van der Waals surface area contributed by atoms with E-state index in [0.717, 1.165) is 19.4 Å². The molecule has 1 aliphatic heterocycles. The number of nitrogens with one attached hydrogen (secondary N) is 1. The molecule has 1 N–H and O–H groups in total. The molecule has 0 bridgehead atoms. The third-order valence-electron chi connectivity index (χ3n) is 3.10. The van der Waals surface area contributed by atoms with Crippen molar-refractivity contribution in [1.82, 2.24) is 5.32 Å². The molecule has 0 aromatic carbocycles. The largest absolute Gasteiger partial charge is 0.312 e. The van der Waals surface area contributed by atoms with E-state index >= 15 is 0 Å². The van der Waals surface area contributed by atoms with E-state index in [1.165, 1.54) is 0 Å². The number of carbonyl (C=O) groups is 1. The second-order valence-corrected chi connectivity index (χ2v) is 4.36. The molecule has 2 aliphatic rings. The fourth-order valence-electron chi connectivity index (χ4n) is 2.53. The average Bonchev–Trinajstić information content (AvgIpc) is 1.76. The highest BCUT2D eigenvalue weighted by Gasteiger charge is 2.55. The van der Waals surface area contributed by atoms with Gasteiger partial charge in [-0.3, -0.25) is 4.79 Å². The summed E-state index contributed by atoms with van der Waals surface area (Å²) in [6.45, 7) is 5.52. The smallest absolute Gasteiger partial charge is 0.134 e. The lowest BCUT2D eigenvalue weighted by Crippen LogP contribution is -2.69. The van der Waals surface area contributed by atoms with E-state index in [9.17, 15) is 4.79 Å². The second-order valence-electron chi connectivity index (χ2n) is 4.36. The van der Waals surface area contributed by atoms with Crippen LogP contribution in [-0.4, -0.2) is 18.4 Å². The minimum absolute atomic E-state index is 0.394. The number of carbonyl (C=O) groups excluding carboxylic acids is 1. The summed E-state index contributed by atoms with van der Waals surface area (Å²) in [4.78, 5) is 10.8. The summed E-state index contributed by atoms with van der Waals surface area (Å²) in [5.74, 6) is 1.13. The van der Waals surface area contributed by atoms with Gasteiger partial charge in [0.1, 0.15) is 5.78 Å². The van der Waals surface area contributed by atoms with Crippen molar-refractivity contribution in [3.63, 3.8) is 0 Å². The van der Waals surface area contributed by atoms with Crippen LogP contribution in [0.3, 0.4) is 0 Å². The van der Waals surface area contributed by atoms with Crippen molar-refractivity contribution in [2.75, 3.05) is 6.54 Å². The van der Waals surface area contributed by atoms with E-state index in [1.807, 2.05) is 0 Å². The molecule has 0 amide bonds. The minimum Gasteiger partial charge on any atom is -0.312 e. The van der Waals surface area contributed by atoms with Gasteiger partial charge in [-0.25, -0.2) is 0 Å². The van der Waals surface area contributed by atoms with E-state index in [1.54, 1.807) is 0 Å². The predicted molar refractivity (Wildman–Crippen MR) is 43.3 cm³/mol. The zero-order chi connectivity index (χ0) is 8.06. The van der Waals surface area contributed by atoms with Crippen molar-refractivity contribution in [3.05, 3.63) is 0 Å². The predicted octanol–water partition coefficient (Wildman–Crippen LogP) is 0.964. The summed E-state index contributed by atoms with van der Waals surface area (Å²) in [5, 5.41) is 3.41. The van der Waals surface area contributed by atoms with Crippen LogP contribution in [0.4, 0.5) is 0 Å². The van der Waals surface area contributed by atoms with Gasteiger partial charge in [0.15, 0.2) is 0 Å². The molecule has 0 aromatic rings. The van der Waals surface area contributed by atoms with Crippen LogP contribution in [0.25, 0.3) is 0 Å². The maximum Gasteiger partial charge on any atom is 0.134 e. The molecule has 0 radical (unpaired) electrons. The van der Waals surface area contributed by atoms with Gasteiger partial charge in [0.2, 0.25) is 0 Å². The molecule has 1 saturated carbocycles. The highest BCUT2D eigenvalue weighted by molar-refractivity contribution is 5.87. The van der Waals surface area contributed by atoms with Crippen LogP contribution in [0.5, 0.6) is 0 Å². The highest BCUT2D eigenvalue weighted by Crippen LogP contribution is 2.48. The van der Waals surface area contributed by atoms with Crippen LogP contribution < -0.4 is 5.32 Å². The van der Waals surface area contributed by atoms with Gasteiger partial charge in [-0.1, -0.05) is 13.8 Å². The molecule has 2 fully saturated rings. The molecule has 1 spiro atoms. The van der Waals surface area contributed by atoms with Crippen LogP contribution in [0.1, 0.15) is 26.7 Å². The van der Waals surface area contributed by atoms with Gasteiger partial charge < -0.3 is 5.32 Å². The lowest BCUT2D eigenvalue weighted by molar-refractivity contribution is -0.142. The molecule has 1 saturated heterocycles. The van der Waals surface area contributed by atoms with Crippen LogP contribution in [-0.2, 0) is 4.79 Å². The first kappa shape index (κ1) is 7.29. The van der Waals surface area contributed by atoms with E-state index in [4.69, 9.17) is 0 Å². The second kappa shape index (κ2) is 2.07. The highest BCUT2D eigenvalue weighted by atomic mass is 16.1. The third-order valence-corrected chi connectivity index (χ3v) is 3.10. The van der Waals surface area contributed by atoms with Crippen LogP contribution in [0.2, 0.25) is 0 Å². The standard InChI is InChI=1S/C9H15NO/c1-6(2)8-9(5-10-8)3-7(11)4-9/h6,8,10H,3-5H2,1-2H3. The van der Waals surface area contributed by atoms with E-state index in [-0.39, 0.29) is 0 Å². The molecule has 62 valence electrons. The van der Waals surface area contributed by atoms with Gasteiger partial charge in [0.05, 0.1) is 0 Å². The molecule has 2 heteroatoms. The van der Waals surface area contributed by atoms with Crippen molar-refractivity contribution in [2.24, 2.45) is 11.3 Å². The number of hydrogen-bond donors (Lipinski definition) is 1. The maximum atomic E-state index is 10.8. The Hall–Kier alpha value is -0.370. The Morgan fingerprint density at radius 2 is 2.18 bits per heavy atom. The summed E-state index contributed by atoms with van der Waals surface area (Å²) in [6.07, 6.45) is 1.67. The zero-order valence-corrected chi connectivity index (χ0v) is 7.18. The van der Waals surface area contributed by atoms with Crippen molar-refractivity contribution in [2.45, 2.75) is 32.7 Å². The van der Waals surface area contributed by atoms with Gasteiger partial charge in [-0.05, 0) is 5.92 Å². The Morgan fingerprint density at radius 3 is 2.45 bits per heavy atom. The first-order chi connectivity index (χ1) is 5.14. The Morgan fingerprint density at radius 1 is 1.55 bits per heavy atom. The minimum atomic E-state index is 0.394. The Balaban J connectivity index is 2.01. The number of rotatable bonds is 1. The molecule has 1 aliphatic carbocycles. The average molecular weight is 153 g/mol. The first-order valence-corrected chi connectivity index (χ1v) is 4.39. The van der Waals surface area contributed by atoms with Crippen LogP contribution in [0, 0.1) is 11.3 Å². The first-order valence-electron chi connectivity index (χ1n) is 4.39. The molecule has 0 aromatic heterocycles. The summed E-state index contributed by atoms with van der Waals surface area (Å²) < 4.78 is 0. The van der Waals surface area contributed by atoms with Crippen LogP contribution >= 0.6 is 0 Å². The molecule has 1 atom stereocenters. The van der Waals surface area contributed by atoms with Gasteiger partial charge >= 0.3 is 0 Å². The van der Waals surface area contributed by atoms with Gasteiger partial charge in [0, 0.05) is 30.8 Å². The fourth-order valence-corrected chi connectivity index (χ4v) is 2.53. The maximum absolute atomic E-state index is 10.8. The lowest BCUT2D eigenvalue weighted by Gasteiger charge is -2.57. The monoisotopic (exact) mass is 153 g/mol. The number of Topliss-reactive ketones (excluding diaryl/α,β-unsaturated/α-hetero) is 1. The molecule has 1 heterocycles. The van der Waals surface area contributed by atoms with Crippen molar-refractivity contribution in [3.8, 4) is 0 Å². The quantitative estimate of drug-likeness (QED) is 0.608. The SMILES string of the molecule is CC(C)C1NCC12CC(=O)C2. The number of ketones is 1.